The highest BCUT2D eigenvalue weighted by atomic mass is 16.5. The molecule has 1 aromatic rings. The lowest BCUT2D eigenvalue weighted by atomic mass is 9.97. The Morgan fingerprint density at radius 3 is 2.76 bits per heavy atom. The number of hydrogen-bond acceptors (Lipinski definition) is 4. The van der Waals surface area contributed by atoms with Gasteiger partial charge in [0.2, 0.25) is 5.91 Å². The third-order valence-corrected chi connectivity index (χ3v) is 3.25. The van der Waals surface area contributed by atoms with Crippen molar-refractivity contribution in [1.82, 2.24) is 5.32 Å². The molecule has 1 aliphatic rings. The summed E-state index contributed by atoms with van der Waals surface area (Å²) in [6, 6.07) is 5.96. The van der Waals surface area contributed by atoms with E-state index in [0.29, 0.717) is 18.6 Å². The summed E-state index contributed by atoms with van der Waals surface area (Å²) < 4.78 is 5.43. The van der Waals surface area contributed by atoms with Gasteiger partial charge in [-0.3, -0.25) is 9.59 Å². The molecule has 2 atom stereocenters. The summed E-state index contributed by atoms with van der Waals surface area (Å²) in [5.74, 6) is -2.70. The molecule has 0 fully saturated rings. The number of nitrogens with two attached hydrogens (primary N) is 1. The van der Waals surface area contributed by atoms with E-state index in [4.69, 9.17) is 15.6 Å². The zero-order chi connectivity index (χ0) is 15.4. The zero-order valence-corrected chi connectivity index (χ0v) is 11.2. The fraction of sp³-hybridized carbons (Fsp3) is 0.357. The third-order valence-electron chi connectivity index (χ3n) is 3.25. The Bertz CT molecular complexity index is 572. The number of hydrogen-bond donors (Lipinski definition) is 3. The van der Waals surface area contributed by atoms with E-state index in [1.54, 1.807) is 12.1 Å². The second-order valence-corrected chi connectivity index (χ2v) is 4.77. The number of aliphatic carboxylic acids is 1. The van der Waals surface area contributed by atoms with E-state index < -0.39 is 36.4 Å². The number of primary amides is 1. The molecule has 0 spiro atoms. The van der Waals surface area contributed by atoms with Crippen LogP contribution >= 0.6 is 0 Å². The van der Waals surface area contributed by atoms with Gasteiger partial charge in [0, 0.05) is 0 Å². The van der Waals surface area contributed by atoms with E-state index in [0.717, 1.165) is 5.56 Å². The minimum atomic E-state index is -1.35. The molecule has 1 aromatic carbocycles. The molecule has 0 saturated heterocycles. The Labute approximate surface area is 121 Å². The first-order chi connectivity index (χ1) is 9.99. The smallest absolute Gasteiger partial charge is 0.326 e. The van der Waals surface area contributed by atoms with Crippen LogP contribution in [0, 0.1) is 0 Å². The number of benzene rings is 1. The molecule has 0 aromatic heterocycles. The largest absolute Gasteiger partial charge is 0.480 e. The summed E-state index contributed by atoms with van der Waals surface area (Å²) >= 11 is 0. The van der Waals surface area contributed by atoms with Gasteiger partial charge in [-0.05, 0) is 17.5 Å². The van der Waals surface area contributed by atoms with Crippen LogP contribution in [0.1, 0.15) is 23.7 Å². The lowest BCUT2D eigenvalue weighted by Crippen LogP contribution is -2.46. The van der Waals surface area contributed by atoms with E-state index in [-0.39, 0.29) is 0 Å². The molecule has 21 heavy (non-hydrogen) atoms. The highest BCUT2D eigenvalue weighted by molar-refractivity contribution is 5.90. The van der Waals surface area contributed by atoms with Crippen LogP contribution in [-0.4, -0.2) is 35.5 Å². The van der Waals surface area contributed by atoms with E-state index in [1.165, 1.54) is 0 Å². The summed E-state index contributed by atoms with van der Waals surface area (Å²) in [4.78, 5) is 34.1. The van der Waals surface area contributed by atoms with Crippen molar-refractivity contribution < 1.29 is 24.2 Å². The number of amides is 2. The van der Waals surface area contributed by atoms with Crippen molar-refractivity contribution in [3.63, 3.8) is 0 Å². The molecule has 4 N–H and O–H groups in total. The molecular formula is C14H16N2O5. The molecule has 0 bridgehead atoms. The van der Waals surface area contributed by atoms with Gasteiger partial charge < -0.3 is 20.9 Å². The Morgan fingerprint density at radius 1 is 1.38 bits per heavy atom. The quantitative estimate of drug-likeness (QED) is 0.691. The molecule has 112 valence electrons. The van der Waals surface area contributed by atoms with Crippen LogP contribution in [0.2, 0.25) is 0 Å². The lowest BCUT2D eigenvalue weighted by Gasteiger charge is -2.26. The first-order valence-electron chi connectivity index (χ1n) is 6.50. The zero-order valence-electron chi connectivity index (χ0n) is 11.2. The van der Waals surface area contributed by atoms with Crippen molar-refractivity contribution in [2.45, 2.75) is 25.0 Å². The number of ether oxygens (including phenoxy) is 1. The van der Waals surface area contributed by atoms with Crippen molar-refractivity contribution in [1.29, 1.82) is 0 Å². The fourth-order valence-electron chi connectivity index (χ4n) is 2.26. The maximum absolute atomic E-state index is 12.2. The van der Waals surface area contributed by atoms with Crippen molar-refractivity contribution in [2.75, 3.05) is 6.61 Å². The minimum absolute atomic E-state index is 0.378. The first kappa shape index (κ1) is 15.0. The maximum atomic E-state index is 12.2. The molecule has 1 aliphatic heterocycles. The van der Waals surface area contributed by atoms with Crippen molar-refractivity contribution in [3.8, 4) is 0 Å². The standard InChI is InChI=1S/C14H16N2O5/c15-11(17)7-10(14(19)20)16-13(18)12-9-4-2-1-3-8(9)5-6-21-12/h1-4,10,12H,5-7H2,(H2,15,17)(H,16,18)(H,19,20). The average molecular weight is 292 g/mol. The molecule has 2 amide bonds. The van der Waals surface area contributed by atoms with Gasteiger partial charge in [0.05, 0.1) is 13.0 Å². The first-order valence-corrected chi connectivity index (χ1v) is 6.50. The monoisotopic (exact) mass is 292 g/mol. The van der Waals surface area contributed by atoms with Gasteiger partial charge in [-0.1, -0.05) is 24.3 Å². The highest BCUT2D eigenvalue weighted by Gasteiger charge is 2.31. The topological polar surface area (TPSA) is 119 Å². The second kappa shape index (κ2) is 6.36. The lowest BCUT2D eigenvalue weighted by molar-refractivity contribution is -0.146. The molecule has 7 heteroatoms. The van der Waals surface area contributed by atoms with Crippen LogP contribution in [0.25, 0.3) is 0 Å². The number of rotatable bonds is 5. The molecular weight excluding hydrogens is 276 g/mol. The van der Waals surface area contributed by atoms with Gasteiger partial charge in [-0.2, -0.15) is 0 Å². The normalized spacial score (nSPS) is 18.4. The van der Waals surface area contributed by atoms with Gasteiger partial charge in [-0.15, -0.1) is 0 Å². The summed E-state index contributed by atoms with van der Waals surface area (Å²) in [5.41, 5.74) is 6.68. The van der Waals surface area contributed by atoms with Gasteiger partial charge >= 0.3 is 5.97 Å². The summed E-state index contributed by atoms with van der Waals surface area (Å²) in [6.45, 7) is 0.378. The number of fused-ring (bicyclic) bond motifs is 1. The summed E-state index contributed by atoms with van der Waals surface area (Å²) in [5, 5.41) is 11.3. The van der Waals surface area contributed by atoms with Gasteiger partial charge in [0.25, 0.3) is 5.91 Å². The van der Waals surface area contributed by atoms with E-state index in [9.17, 15) is 14.4 Å². The molecule has 2 rings (SSSR count). The average Bonchev–Trinajstić information content (AvgIpc) is 2.45. The third kappa shape index (κ3) is 3.57. The SMILES string of the molecule is NC(=O)CC(NC(=O)C1OCCc2ccccc21)C(=O)O. The number of carbonyl (C=O) groups is 3. The van der Waals surface area contributed by atoms with Crippen molar-refractivity contribution in [2.24, 2.45) is 5.73 Å². The molecule has 0 saturated carbocycles. The van der Waals surface area contributed by atoms with Gasteiger partial charge in [0.15, 0.2) is 6.10 Å². The van der Waals surface area contributed by atoms with E-state index in [2.05, 4.69) is 5.32 Å². The van der Waals surface area contributed by atoms with Crippen LogP contribution in [0.4, 0.5) is 0 Å². The van der Waals surface area contributed by atoms with Crippen LogP contribution in [0.3, 0.4) is 0 Å². The van der Waals surface area contributed by atoms with Crippen LogP contribution in [0.15, 0.2) is 24.3 Å². The number of nitrogens with one attached hydrogen (secondary N) is 1. The van der Waals surface area contributed by atoms with Gasteiger partial charge in [0.1, 0.15) is 6.04 Å². The Kier molecular flexibility index (Phi) is 4.54. The maximum Gasteiger partial charge on any atom is 0.326 e. The van der Waals surface area contributed by atoms with Crippen LogP contribution < -0.4 is 11.1 Å². The molecule has 7 nitrogen and oxygen atoms in total. The van der Waals surface area contributed by atoms with Gasteiger partial charge in [-0.25, -0.2) is 4.79 Å². The predicted octanol–water partition coefficient (Wildman–Crippen LogP) is -0.255. The number of carboxylic acids is 1. The summed E-state index contributed by atoms with van der Waals surface area (Å²) in [6.07, 6.45) is -0.636. The Morgan fingerprint density at radius 2 is 2.10 bits per heavy atom. The molecule has 0 aliphatic carbocycles. The molecule has 2 unspecified atom stereocenters. The van der Waals surface area contributed by atoms with E-state index >= 15 is 0 Å². The Hall–Kier alpha value is -2.41. The number of carboxylic acid groups (broad SMARTS) is 1. The van der Waals surface area contributed by atoms with Crippen LogP contribution in [0.5, 0.6) is 0 Å². The predicted molar refractivity (Wildman–Crippen MR) is 72.2 cm³/mol. The Balaban J connectivity index is 2.13. The molecule has 1 heterocycles. The minimum Gasteiger partial charge on any atom is -0.480 e. The van der Waals surface area contributed by atoms with Crippen LogP contribution in [-0.2, 0) is 25.5 Å². The summed E-state index contributed by atoms with van der Waals surface area (Å²) in [7, 11) is 0. The highest BCUT2D eigenvalue weighted by Crippen LogP contribution is 2.27. The second-order valence-electron chi connectivity index (χ2n) is 4.77. The fourth-order valence-corrected chi connectivity index (χ4v) is 2.26. The molecule has 0 radical (unpaired) electrons. The van der Waals surface area contributed by atoms with Crippen molar-refractivity contribution >= 4 is 17.8 Å². The van der Waals surface area contributed by atoms with E-state index in [1.807, 2.05) is 12.1 Å². The number of carbonyl (C=O) groups excluding carboxylic acids is 2. The van der Waals surface area contributed by atoms with Crippen molar-refractivity contribution in [3.05, 3.63) is 35.4 Å².